The Morgan fingerprint density at radius 1 is 1.38 bits per heavy atom. The summed E-state index contributed by atoms with van der Waals surface area (Å²) in [4.78, 5) is 0. The predicted octanol–water partition coefficient (Wildman–Crippen LogP) is 3.27. The third-order valence-electron chi connectivity index (χ3n) is 3.60. The van der Waals surface area contributed by atoms with Crippen molar-refractivity contribution >= 4 is 15.9 Å². The van der Waals surface area contributed by atoms with Crippen molar-refractivity contribution < 1.29 is 9.84 Å². The van der Waals surface area contributed by atoms with Crippen molar-refractivity contribution in [2.75, 3.05) is 13.7 Å². The Bertz CT molecular complexity index is 583. The predicted molar refractivity (Wildman–Crippen MR) is 86.3 cm³/mol. The fraction of sp³-hybridized carbons (Fsp3) is 0.438. The number of methoxy groups -OCH3 is 1. The van der Waals surface area contributed by atoms with Gasteiger partial charge in [0.25, 0.3) is 0 Å². The van der Waals surface area contributed by atoms with E-state index in [1.165, 1.54) is 11.1 Å². The SMILES string of the molecule is COCCn1ncc(Br)c1C(O)CCc1ccccc1C. The zero-order valence-corrected chi connectivity index (χ0v) is 14.0. The van der Waals surface area contributed by atoms with Gasteiger partial charge in [0.2, 0.25) is 0 Å². The van der Waals surface area contributed by atoms with Gasteiger partial charge in [-0.25, -0.2) is 0 Å². The van der Waals surface area contributed by atoms with E-state index in [1.54, 1.807) is 18.0 Å². The molecule has 0 amide bonds. The standard InChI is InChI=1S/C16H21BrN2O2/c1-12-5-3-4-6-13(12)7-8-15(20)16-14(17)11-18-19(16)9-10-21-2/h3-6,11,15,20H,7-10H2,1-2H3. The Kier molecular flexibility index (Phi) is 5.96. The molecule has 1 heterocycles. The number of rotatable bonds is 7. The van der Waals surface area contributed by atoms with Crippen LogP contribution >= 0.6 is 15.9 Å². The lowest BCUT2D eigenvalue weighted by atomic mass is 10.0. The molecule has 5 heteroatoms. The molecule has 21 heavy (non-hydrogen) atoms. The van der Waals surface area contributed by atoms with Gasteiger partial charge in [-0.1, -0.05) is 24.3 Å². The van der Waals surface area contributed by atoms with Crippen molar-refractivity contribution in [2.24, 2.45) is 0 Å². The van der Waals surface area contributed by atoms with Gasteiger partial charge in [0.15, 0.2) is 0 Å². The number of hydrogen-bond donors (Lipinski definition) is 1. The second-order valence-corrected chi connectivity index (χ2v) is 5.93. The summed E-state index contributed by atoms with van der Waals surface area (Å²) in [7, 11) is 1.66. The second-order valence-electron chi connectivity index (χ2n) is 5.07. The van der Waals surface area contributed by atoms with Crippen molar-refractivity contribution in [3.05, 3.63) is 51.8 Å². The molecular formula is C16H21BrN2O2. The molecule has 1 N–H and O–H groups in total. The molecule has 0 aliphatic carbocycles. The maximum absolute atomic E-state index is 10.5. The highest BCUT2D eigenvalue weighted by atomic mass is 79.9. The summed E-state index contributed by atoms with van der Waals surface area (Å²) in [5, 5.41) is 14.8. The van der Waals surface area contributed by atoms with E-state index in [9.17, 15) is 5.11 Å². The fourth-order valence-electron chi connectivity index (χ4n) is 2.38. The van der Waals surface area contributed by atoms with Crippen LogP contribution in [0.4, 0.5) is 0 Å². The summed E-state index contributed by atoms with van der Waals surface area (Å²) >= 11 is 3.47. The average Bonchev–Trinajstić information content (AvgIpc) is 2.85. The summed E-state index contributed by atoms with van der Waals surface area (Å²) in [5.41, 5.74) is 3.35. The number of halogens is 1. The number of hydrogen-bond acceptors (Lipinski definition) is 3. The number of nitrogens with zero attached hydrogens (tertiary/aromatic N) is 2. The van der Waals surface area contributed by atoms with E-state index in [-0.39, 0.29) is 0 Å². The molecule has 0 aliphatic rings. The smallest absolute Gasteiger partial charge is 0.0971 e. The number of aliphatic hydroxyl groups is 1. The molecule has 0 spiro atoms. The van der Waals surface area contributed by atoms with E-state index in [0.717, 1.165) is 16.6 Å². The Balaban J connectivity index is 2.05. The molecule has 1 aromatic heterocycles. The van der Waals surface area contributed by atoms with Crippen LogP contribution in [0.5, 0.6) is 0 Å². The lowest BCUT2D eigenvalue weighted by molar-refractivity contribution is 0.145. The summed E-state index contributed by atoms with van der Waals surface area (Å²) in [5.74, 6) is 0. The highest BCUT2D eigenvalue weighted by molar-refractivity contribution is 9.10. The van der Waals surface area contributed by atoms with Gasteiger partial charge in [0.05, 0.1) is 35.6 Å². The van der Waals surface area contributed by atoms with Crippen LogP contribution in [0, 0.1) is 6.92 Å². The maximum atomic E-state index is 10.5. The van der Waals surface area contributed by atoms with Gasteiger partial charge in [-0.3, -0.25) is 4.68 Å². The largest absolute Gasteiger partial charge is 0.387 e. The summed E-state index contributed by atoms with van der Waals surface area (Å²) in [6.07, 6.45) is 2.69. The van der Waals surface area contributed by atoms with E-state index in [2.05, 4.69) is 40.1 Å². The third-order valence-corrected chi connectivity index (χ3v) is 4.22. The molecule has 0 saturated carbocycles. The van der Waals surface area contributed by atoms with Crippen LogP contribution in [0.25, 0.3) is 0 Å². The molecule has 1 unspecified atom stereocenters. The van der Waals surface area contributed by atoms with E-state index in [4.69, 9.17) is 4.74 Å². The average molecular weight is 353 g/mol. The molecule has 114 valence electrons. The first-order valence-electron chi connectivity index (χ1n) is 7.06. The minimum absolute atomic E-state index is 0.543. The summed E-state index contributed by atoms with van der Waals surface area (Å²) in [6.45, 7) is 3.31. The monoisotopic (exact) mass is 352 g/mol. The van der Waals surface area contributed by atoms with Crippen LogP contribution in [0.15, 0.2) is 34.9 Å². The summed E-state index contributed by atoms with van der Waals surface area (Å²) < 4.78 is 7.72. The third kappa shape index (κ3) is 4.15. The van der Waals surface area contributed by atoms with E-state index < -0.39 is 6.10 Å². The number of aryl methyl sites for hydroxylation is 2. The zero-order valence-electron chi connectivity index (χ0n) is 12.4. The van der Waals surface area contributed by atoms with Gasteiger partial charge in [-0.05, 0) is 46.8 Å². The van der Waals surface area contributed by atoms with Crippen molar-refractivity contribution in [1.82, 2.24) is 9.78 Å². The second kappa shape index (κ2) is 7.73. The number of aliphatic hydroxyl groups excluding tert-OH is 1. The molecular weight excluding hydrogens is 332 g/mol. The van der Waals surface area contributed by atoms with E-state index in [1.807, 2.05) is 12.1 Å². The highest BCUT2D eigenvalue weighted by Gasteiger charge is 2.18. The molecule has 4 nitrogen and oxygen atoms in total. The van der Waals surface area contributed by atoms with Crippen LogP contribution in [-0.4, -0.2) is 28.6 Å². The highest BCUT2D eigenvalue weighted by Crippen LogP contribution is 2.27. The molecule has 2 aromatic rings. The fourth-order valence-corrected chi connectivity index (χ4v) is 2.94. The quantitative estimate of drug-likeness (QED) is 0.831. The Hall–Kier alpha value is -1.17. The lowest BCUT2D eigenvalue weighted by Crippen LogP contribution is -2.13. The lowest BCUT2D eigenvalue weighted by Gasteiger charge is -2.15. The van der Waals surface area contributed by atoms with Crippen LogP contribution in [0.2, 0.25) is 0 Å². The first-order valence-corrected chi connectivity index (χ1v) is 7.85. The van der Waals surface area contributed by atoms with Gasteiger partial charge in [-0.2, -0.15) is 5.10 Å². The Morgan fingerprint density at radius 3 is 2.86 bits per heavy atom. The zero-order chi connectivity index (χ0) is 15.2. The Labute approximate surface area is 133 Å². The minimum atomic E-state index is -0.543. The molecule has 1 aromatic carbocycles. The summed E-state index contributed by atoms with van der Waals surface area (Å²) in [6, 6.07) is 8.28. The maximum Gasteiger partial charge on any atom is 0.0971 e. The number of ether oxygens (including phenoxy) is 1. The van der Waals surface area contributed by atoms with Gasteiger partial charge < -0.3 is 9.84 Å². The first kappa shape index (κ1) is 16.2. The Morgan fingerprint density at radius 2 is 2.14 bits per heavy atom. The van der Waals surface area contributed by atoms with E-state index >= 15 is 0 Å². The normalized spacial score (nSPS) is 12.6. The van der Waals surface area contributed by atoms with Gasteiger partial charge in [0.1, 0.15) is 0 Å². The first-order chi connectivity index (χ1) is 10.1. The molecule has 0 fully saturated rings. The minimum Gasteiger partial charge on any atom is -0.387 e. The van der Waals surface area contributed by atoms with Crippen LogP contribution in [0.1, 0.15) is 29.3 Å². The molecule has 0 aliphatic heterocycles. The van der Waals surface area contributed by atoms with Gasteiger partial charge in [0, 0.05) is 7.11 Å². The molecule has 0 saturated heterocycles. The van der Waals surface area contributed by atoms with Crippen molar-refractivity contribution in [3.8, 4) is 0 Å². The molecule has 1 atom stereocenters. The number of benzene rings is 1. The van der Waals surface area contributed by atoms with Crippen molar-refractivity contribution in [1.29, 1.82) is 0 Å². The molecule has 0 bridgehead atoms. The van der Waals surface area contributed by atoms with Gasteiger partial charge >= 0.3 is 0 Å². The molecule has 0 radical (unpaired) electrons. The number of aromatic nitrogens is 2. The van der Waals surface area contributed by atoms with Crippen LogP contribution in [-0.2, 0) is 17.7 Å². The van der Waals surface area contributed by atoms with Crippen molar-refractivity contribution in [2.45, 2.75) is 32.4 Å². The topological polar surface area (TPSA) is 47.3 Å². The van der Waals surface area contributed by atoms with Crippen molar-refractivity contribution in [3.63, 3.8) is 0 Å². The van der Waals surface area contributed by atoms with Crippen LogP contribution < -0.4 is 0 Å². The van der Waals surface area contributed by atoms with Crippen LogP contribution in [0.3, 0.4) is 0 Å². The van der Waals surface area contributed by atoms with Gasteiger partial charge in [-0.15, -0.1) is 0 Å². The molecule has 2 rings (SSSR count). The van der Waals surface area contributed by atoms with E-state index in [0.29, 0.717) is 19.6 Å².